The minimum Gasteiger partial charge on any atom is -0.385 e. The maximum Gasteiger partial charge on any atom is 0.0726 e. The largest absolute Gasteiger partial charge is 0.385 e. The first-order valence-electron chi connectivity index (χ1n) is 7.52. The molecule has 0 radical (unpaired) electrons. The van der Waals surface area contributed by atoms with Crippen LogP contribution in [0.25, 0.3) is 10.9 Å². The van der Waals surface area contributed by atoms with E-state index < -0.39 is 0 Å². The zero-order chi connectivity index (χ0) is 14.9. The molecule has 0 saturated carbocycles. The van der Waals surface area contributed by atoms with Gasteiger partial charge in [0.15, 0.2) is 0 Å². The van der Waals surface area contributed by atoms with Crippen molar-refractivity contribution in [2.75, 3.05) is 11.9 Å². The Morgan fingerprint density at radius 1 is 1.15 bits per heavy atom. The van der Waals surface area contributed by atoms with E-state index in [0.29, 0.717) is 5.92 Å². The van der Waals surface area contributed by atoms with Gasteiger partial charge in [-0.05, 0) is 36.6 Å². The molecule has 1 aromatic carbocycles. The molecule has 0 fully saturated rings. The molecule has 0 aliphatic carbocycles. The van der Waals surface area contributed by atoms with Crippen molar-refractivity contribution in [3.05, 3.63) is 35.5 Å². The summed E-state index contributed by atoms with van der Waals surface area (Å²) in [6.45, 7) is 14.1. The van der Waals surface area contributed by atoms with Crippen molar-refractivity contribution in [3.8, 4) is 0 Å². The molecule has 0 unspecified atom stereocenters. The lowest BCUT2D eigenvalue weighted by Crippen LogP contribution is -2.14. The van der Waals surface area contributed by atoms with Crippen LogP contribution in [0.4, 0.5) is 5.69 Å². The van der Waals surface area contributed by atoms with Gasteiger partial charge in [0.05, 0.1) is 5.52 Å². The van der Waals surface area contributed by atoms with Gasteiger partial charge in [-0.15, -0.1) is 0 Å². The zero-order valence-electron chi connectivity index (χ0n) is 13.5. The number of anilines is 1. The average Bonchev–Trinajstić information content (AvgIpc) is 2.37. The van der Waals surface area contributed by atoms with Gasteiger partial charge in [0.1, 0.15) is 0 Å². The molecule has 0 aliphatic heterocycles. The number of hydrogen-bond donors (Lipinski definition) is 1. The smallest absolute Gasteiger partial charge is 0.0726 e. The molecule has 108 valence electrons. The Kier molecular flexibility index (Phi) is 4.03. The lowest BCUT2D eigenvalue weighted by Gasteiger charge is -2.21. The molecular formula is C18H26N2. The highest BCUT2D eigenvalue weighted by molar-refractivity contribution is 5.92. The molecule has 1 aromatic heterocycles. The number of fused-ring (bicyclic) bond motifs is 1. The summed E-state index contributed by atoms with van der Waals surface area (Å²) in [4.78, 5) is 4.85. The van der Waals surface area contributed by atoms with Crippen LogP contribution in [0.1, 0.15) is 58.7 Å². The molecule has 0 aliphatic rings. The number of hydrogen-bond acceptors (Lipinski definition) is 2. The molecule has 2 nitrogen and oxygen atoms in total. The van der Waals surface area contributed by atoms with Crippen LogP contribution in [0, 0.1) is 0 Å². The van der Waals surface area contributed by atoms with Crippen LogP contribution in [0.5, 0.6) is 0 Å². The van der Waals surface area contributed by atoms with Crippen molar-refractivity contribution in [2.45, 2.75) is 52.9 Å². The van der Waals surface area contributed by atoms with E-state index in [1.807, 2.05) is 0 Å². The molecule has 1 N–H and O–H groups in total. The second-order valence-electron chi connectivity index (χ2n) is 6.77. The van der Waals surface area contributed by atoms with Gasteiger partial charge in [-0.2, -0.15) is 0 Å². The Hall–Kier alpha value is -1.57. The standard InChI is InChI=1S/C18H26N2/c1-7-19-16-11-17(18(4,5)6)20-15-9-8-13(12(2)3)10-14(15)16/h8-12H,7H2,1-6H3,(H,19,20). The fourth-order valence-electron chi connectivity index (χ4n) is 2.32. The number of rotatable bonds is 3. The van der Waals surface area contributed by atoms with Gasteiger partial charge in [-0.1, -0.05) is 40.7 Å². The van der Waals surface area contributed by atoms with Gasteiger partial charge in [-0.25, -0.2) is 0 Å². The summed E-state index contributed by atoms with van der Waals surface area (Å²) in [5.74, 6) is 0.538. The van der Waals surface area contributed by atoms with Crippen LogP contribution < -0.4 is 5.32 Å². The van der Waals surface area contributed by atoms with Crippen LogP contribution in [-0.2, 0) is 5.41 Å². The number of nitrogens with zero attached hydrogens (tertiary/aromatic N) is 1. The molecule has 20 heavy (non-hydrogen) atoms. The lowest BCUT2D eigenvalue weighted by molar-refractivity contribution is 0.572. The summed E-state index contributed by atoms with van der Waals surface area (Å²) >= 11 is 0. The third-order valence-electron chi connectivity index (χ3n) is 3.64. The van der Waals surface area contributed by atoms with Gasteiger partial charge in [-0.3, -0.25) is 4.98 Å². The molecule has 2 heteroatoms. The van der Waals surface area contributed by atoms with Crippen molar-refractivity contribution in [2.24, 2.45) is 0 Å². The van der Waals surface area contributed by atoms with Crippen LogP contribution in [-0.4, -0.2) is 11.5 Å². The fourth-order valence-corrected chi connectivity index (χ4v) is 2.32. The Labute approximate surface area is 122 Å². The number of aromatic nitrogens is 1. The summed E-state index contributed by atoms with van der Waals surface area (Å²) in [7, 11) is 0. The lowest BCUT2D eigenvalue weighted by atomic mass is 9.90. The Morgan fingerprint density at radius 2 is 1.85 bits per heavy atom. The first kappa shape index (κ1) is 14.8. The monoisotopic (exact) mass is 270 g/mol. The third-order valence-corrected chi connectivity index (χ3v) is 3.64. The summed E-state index contributed by atoms with van der Waals surface area (Å²) < 4.78 is 0. The van der Waals surface area contributed by atoms with Gasteiger partial charge in [0, 0.05) is 28.7 Å². The van der Waals surface area contributed by atoms with Crippen LogP contribution >= 0.6 is 0 Å². The average molecular weight is 270 g/mol. The highest BCUT2D eigenvalue weighted by atomic mass is 14.9. The van der Waals surface area contributed by atoms with Gasteiger partial charge in [0.25, 0.3) is 0 Å². The van der Waals surface area contributed by atoms with Crippen molar-refractivity contribution in [1.82, 2.24) is 4.98 Å². The van der Waals surface area contributed by atoms with E-state index in [1.54, 1.807) is 0 Å². The minimum atomic E-state index is 0.0646. The van der Waals surface area contributed by atoms with Crippen LogP contribution in [0.15, 0.2) is 24.3 Å². The van der Waals surface area contributed by atoms with Gasteiger partial charge < -0.3 is 5.32 Å². The maximum absolute atomic E-state index is 4.85. The Morgan fingerprint density at radius 3 is 2.40 bits per heavy atom. The molecule has 0 amide bonds. The van der Waals surface area contributed by atoms with E-state index in [-0.39, 0.29) is 5.41 Å². The van der Waals surface area contributed by atoms with Gasteiger partial charge >= 0.3 is 0 Å². The van der Waals surface area contributed by atoms with Crippen LogP contribution in [0.2, 0.25) is 0 Å². The normalized spacial score (nSPS) is 12.2. The molecule has 0 saturated heterocycles. The predicted molar refractivity (Wildman–Crippen MR) is 88.7 cm³/mol. The van der Waals surface area contributed by atoms with E-state index in [9.17, 15) is 0 Å². The summed E-state index contributed by atoms with van der Waals surface area (Å²) in [6, 6.07) is 8.83. The topological polar surface area (TPSA) is 24.9 Å². The third kappa shape index (κ3) is 2.95. The SMILES string of the molecule is CCNc1cc(C(C)(C)C)nc2ccc(C(C)C)cc12. The summed E-state index contributed by atoms with van der Waals surface area (Å²) in [6.07, 6.45) is 0. The van der Waals surface area contributed by atoms with Crippen molar-refractivity contribution in [3.63, 3.8) is 0 Å². The minimum absolute atomic E-state index is 0.0646. The van der Waals surface area contributed by atoms with E-state index in [0.717, 1.165) is 17.8 Å². The Bertz CT molecular complexity index is 607. The van der Waals surface area contributed by atoms with Crippen LogP contribution in [0.3, 0.4) is 0 Å². The molecule has 0 spiro atoms. The predicted octanol–water partition coefficient (Wildman–Crippen LogP) is 5.09. The van der Waals surface area contributed by atoms with E-state index in [1.165, 1.54) is 16.6 Å². The number of pyridine rings is 1. The van der Waals surface area contributed by atoms with E-state index in [4.69, 9.17) is 4.98 Å². The molecule has 2 rings (SSSR count). The van der Waals surface area contributed by atoms with Gasteiger partial charge in [0.2, 0.25) is 0 Å². The van der Waals surface area contributed by atoms with Crippen molar-refractivity contribution in [1.29, 1.82) is 0 Å². The summed E-state index contributed by atoms with van der Waals surface area (Å²) in [5, 5.41) is 4.72. The summed E-state index contributed by atoms with van der Waals surface area (Å²) in [5.41, 5.74) is 4.85. The highest BCUT2D eigenvalue weighted by Gasteiger charge is 2.18. The van der Waals surface area contributed by atoms with Crippen molar-refractivity contribution < 1.29 is 0 Å². The van der Waals surface area contributed by atoms with E-state index in [2.05, 4.69) is 71.1 Å². The van der Waals surface area contributed by atoms with E-state index >= 15 is 0 Å². The zero-order valence-corrected chi connectivity index (χ0v) is 13.5. The quantitative estimate of drug-likeness (QED) is 0.840. The Balaban J connectivity index is 2.68. The number of nitrogens with one attached hydrogen (secondary N) is 1. The number of benzene rings is 1. The molecular weight excluding hydrogens is 244 g/mol. The molecule has 1 heterocycles. The first-order chi connectivity index (χ1) is 9.32. The second-order valence-corrected chi connectivity index (χ2v) is 6.77. The fraction of sp³-hybridized carbons (Fsp3) is 0.500. The first-order valence-corrected chi connectivity index (χ1v) is 7.52. The maximum atomic E-state index is 4.85. The molecule has 0 bridgehead atoms. The molecule has 0 atom stereocenters. The van der Waals surface area contributed by atoms with Crippen molar-refractivity contribution >= 4 is 16.6 Å². The highest BCUT2D eigenvalue weighted by Crippen LogP contribution is 2.31. The molecule has 2 aromatic rings. The second kappa shape index (κ2) is 5.43.